The maximum absolute atomic E-state index is 12.8. The molecule has 126 valence electrons. The Morgan fingerprint density at radius 2 is 1.80 bits per heavy atom. The normalized spacial score (nSPS) is 10.3. The van der Waals surface area contributed by atoms with Crippen LogP contribution in [0.3, 0.4) is 0 Å². The quantitative estimate of drug-likeness (QED) is 0.765. The van der Waals surface area contributed by atoms with Gasteiger partial charge in [0.15, 0.2) is 0 Å². The van der Waals surface area contributed by atoms with Crippen molar-refractivity contribution < 1.29 is 14.3 Å². The van der Waals surface area contributed by atoms with Crippen LogP contribution in [-0.4, -0.2) is 23.9 Å². The van der Waals surface area contributed by atoms with Gasteiger partial charge in [0.1, 0.15) is 5.75 Å². The predicted octanol–water partition coefficient (Wildman–Crippen LogP) is 3.45. The molecule has 0 radical (unpaired) electrons. The standard InChI is InChI=1S/C19H17N3O3/c1-12(23)21-17-8-7-13(25-2)11-18(17)22-19(24)15-9-10-20-16-6-4-3-5-14(15)16/h3-11H,1-2H3,(H,21,23)(H,22,24). The number of nitrogens with zero attached hydrogens (tertiary/aromatic N) is 1. The van der Waals surface area contributed by atoms with E-state index >= 15 is 0 Å². The molecule has 6 nitrogen and oxygen atoms in total. The fourth-order valence-electron chi connectivity index (χ4n) is 2.54. The number of fused-ring (bicyclic) bond motifs is 1. The summed E-state index contributed by atoms with van der Waals surface area (Å²) in [5, 5.41) is 6.29. The minimum absolute atomic E-state index is 0.227. The van der Waals surface area contributed by atoms with Gasteiger partial charge in [-0.2, -0.15) is 0 Å². The maximum atomic E-state index is 12.8. The summed E-state index contributed by atoms with van der Waals surface area (Å²) in [6, 6.07) is 14.1. The molecule has 2 aromatic carbocycles. The molecule has 3 rings (SSSR count). The third kappa shape index (κ3) is 3.58. The minimum Gasteiger partial charge on any atom is -0.497 e. The number of pyridine rings is 1. The van der Waals surface area contributed by atoms with Gasteiger partial charge in [-0.15, -0.1) is 0 Å². The number of aromatic nitrogens is 1. The Bertz CT molecular complexity index is 948. The van der Waals surface area contributed by atoms with Crippen LogP contribution in [0, 0.1) is 0 Å². The summed E-state index contributed by atoms with van der Waals surface area (Å²) >= 11 is 0. The lowest BCUT2D eigenvalue weighted by Gasteiger charge is -2.13. The van der Waals surface area contributed by atoms with Gasteiger partial charge in [0.25, 0.3) is 5.91 Å². The highest BCUT2D eigenvalue weighted by Crippen LogP contribution is 2.28. The number of anilines is 2. The number of hydrogen-bond donors (Lipinski definition) is 2. The Morgan fingerprint density at radius 3 is 2.56 bits per heavy atom. The molecule has 0 aliphatic heterocycles. The Labute approximate surface area is 144 Å². The summed E-state index contributed by atoms with van der Waals surface area (Å²) in [7, 11) is 1.54. The van der Waals surface area contributed by atoms with E-state index in [2.05, 4.69) is 15.6 Å². The molecule has 1 heterocycles. The van der Waals surface area contributed by atoms with Crippen LogP contribution in [0.15, 0.2) is 54.7 Å². The molecule has 2 N–H and O–H groups in total. The molecular weight excluding hydrogens is 318 g/mol. The highest BCUT2D eigenvalue weighted by molar-refractivity contribution is 6.13. The van der Waals surface area contributed by atoms with Gasteiger partial charge in [0.05, 0.1) is 29.6 Å². The zero-order valence-electron chi connectivity index (χ0n) is 13.9. The van der Waals surface area contributed by atoms with Crippen molar-refractivity contribution in [2.45, 2.75) is 6.92 Å². The van der Waals surface area contributed by atoms with Crippen LogP contribution in [0.2, 0.25) is 0 Å². The first-order valence-electron chi connectivity index (χ1n) is 7.69. The number of nitrogens with one attached hydrogen (secondary N) is 2. The Morgan fingerprint density at radius 1 is 1.00 bits per heavy atom. The minimum atomic E-state index is -0.293. The number of carbonyl (C=O) groups is 2. The van der Waals surface area contributed by atoms with Gasteiger partial charge in [-0.25, -0.2) is 0 Å². The maximum Gasteiger partial charge on any atom is 0.256 e. The summed E-state index contributed by atoms with van der Waals surface area (Å²) in [4.78, 5) is 28.4. The van der Waals surface area contributed by atoms with Crippen molar-refractivity contribution in [3.05, 3.63) is 60.3 Å². The largest absolute Gasteiger partial charge is 0.497 e. The second-order valence-electron chi connectivity index (χ2n) is 5.42. The van der Waals surface area contributed by atoms with Gasteiger partial charge in [-0.3, -0.25) is 14.6 Å². The fraction of sp³-hybridized carbons (Fsp3) is 0.105. The third-order valence-electron chi connectivity index (χ3n) is 3.68. The van der Waals surface area contributed by atoms with Crippen molar-refractivity contribution in [3.63, 3.8) is 0 Å². The topological polar surface area (TPSA) is 80.3 Å². The van der Waals surface area contributed by atoms with Gasteiger partial charge >= 0.3 is 0 Å². The zero-order chi connectivity index (χ0) is 17.8. The molecule has 6 heteroatoms. The second-order valence-corrected chi connectivity index (χ2v) is 5.42. The highest BCUT2D eigenvalue weighted by atomic mass is 16.5. The smallest absolute Gasteiger partial charge is 0.256 e. The first-order chi connectivity index (χ1) is 12.1. The summed E-state index contributed by atoms with van der Waals surface area (Å²) in [5.41, 5.74) is 2.20. The Hall–Kier alpha value is -3.41. The van der Waals surface area contributed by atoms with Crippen molar-refractivity contribution in [2.75, 3.05) is 17.7 Å². The van der Waals surface area contributed by atoms with Gasteiger partial charge < -0.3 is 15.4 Å². The molecule has 1 aromatic heterocycles. The monoisotopic (exact) mass is 335 g/mol. The summed E-state index contributed by atoms with van der Waals surface area (Å²) in [6.07, 6.45) is 1.59. The zero-order valence-corrected chi connectivity index (χ0v) is 13.9. The molecule has 0 aliphatic carbocycles. The third-order valence-corrected chi connectivity index (χ3v) is 3.68. The number of rotatable bonds is 4. The average Bonchev–Trinajstić information content (AvgIpc) is 2.62. The van der Waals surface area contributed by atoms with Crippen LogP contribution < -0.4 is 15.4 Å². The second kappa shape index (κ2) is 7.00. The molecule has 0 fully saturated rings. The lowest BCUT2D eigenvalue weighted by Crippen LogP contribution is -2.15. The number of benzene rings is 2. The van der Waals surface area contributed by atoms with E-state index < -0.39 is 0 Å². The number of para-hydroxylation sites is 1. The van der Waals surface area contributed by atoms with E-state index in [0.717, 1.165) is 10.9 Å². The first kappa shape index (κ1) is 16.4. The SMILES string of the molecule is COc1ccc(NC(C)=O)c(NC(=O)c2ccnc3ccccc23)c1. The predicted molar refractivity (Wildman–Crippen MR) is 97.0 cm³/mol. The van der Waals surface area contributed by atoms with Crippen LogP contribution in [-0.2, 0) is 4.79 Å². The van der Waals surface area contributed by atoms with Crippen LogP contribution in [0.1, 0.15) is 17.3 Å². The molecule has 0 unspecified atom stereocenters. The van der Waals surface area contributed by atoms with Gasteiger partial charge in [0, 0.05) is 24.6 Å². The molecule has 2 amide bonds. The summed E-state index contributed by atoms with van der Waals surface area (Å²) in [5.74, 6) is 0.0532. The highest BCUT2D eigenvalue weighted by Gasteiger charge is 2.14. The van der Waals surface area contributed by atoms with Crippen molar-refractivity contribution in [1.29, 1.82) is 0 Å². The van der Waals surface area contributed by atoms with Gasteiger partial charge in [-0.1, -0.05) is 18.2 Å². The van der Waals surface area contributed by atoms with Crippen molar-refractivity contribution in [1.82, 2.24) is 4.98 Å². The van der Waals surface area contributed by atoms with E-state index in [1.54, 1.807) is 30.5 Å². The van der Waals surface area contributed by atoms with E-state index in [1.165, 1.54) is 14.0 Å². The molecular formula is C19H17N3O3. The lowest BCUT2D eigenvalue weighted by molar-refractivity contribution is -0.114. The number of carbonyl (C=O) groups excluding carboxylic acids is 2. The van der Waals surface area contributed by atoms with E-state index in [1.807, 2.05) is 24.3 Å². The number of ether oxygens (including phenoxy) is 1. The van der Waals surface area contributed by atoms with E-state index in [9.17, 15) is 9.59 Å². The van der Waals surface area contributed by atoms with Gasteiger partial charge in [0.2, 0.25) is 5.91 Å². The molecule has 0 aliphatic rings. The molecule has 0 bridgehead atoms. The van der Waals surface area contributed by atoms with E-state index in [4.69, 9.17) is 4.74 Å². The van der Waals surface area contributed by atoms with E-state index in [0.29, 0.717) is 22.7 Å². The van der Waals surface area contributed by atoms with Crippen LogP contribution in [0.4, 0.5) is 11.4 Å². The molecule has 0 atom stereocenters. The van der Waals surface area contributed by atoms with Crippen LogP contribution >= 0.6 is 0 Å². The molecule has 0 saturated heterocycles. The molecule has 3 aromatic rings. The number of amides is 2. The van der Waals surface area contributed by atoms with Crippen molar-refractivity contribution in [2.24, 2.45) is 0 Å². The Kier molecular flexibility index (Phi) is 4.61. The number of hydrogen-bond acceptors (Lipinski definition) is 4. The van der Waals surface area contributed by atoms with E-state index in [-0.39, 0.29) is 11.8 Å². The molecule has 25 heavy (non-hydrogen) atoms. The fourth-order valence-corrected chi connectivity index (χ4v) is 2.54. The summed E-state index contributed by atoms with van der Waals surface area (Å²) < 4.78 is 5.20. The first-order valence-corrected chi connectivity index (χ1v) is 7.69. The van der Waals surface area contributed by atoms with Crippen LogP contribution in [0.25, 0.3) is 10.9 Å². The molecule has 0 saturated carbocycles. The Balaban J connectivity index is 1.98. The van der Waals surface area contributed by atoms with Crippen LogP contribution in [0.5, 0.6) is 5.75 Å². The summed E-state index contributed by atoms with van der Waals surface area (Å²) in [6.45, 7) is 1.41. The average molecular weight is 335 g/mol. The molecule has 0 spiro atoms. The number of methoxy groups -OCH3 is 1. The van der Waals surface area contributed by atoms with Gasteiger partial charge in [-0.05, 0) is 24.3 Å². The lowest BCUT2D eigenvalue weighted by atomic mass is 10.1. The van der Waals surface area contributed by atoms with Crippen molar-refractivity contribution >= 4 is 34.1 Å². The van der Waals surface area contributed by atoms with Crippen molar-refractivity contribution in [3.8, 4) is 5.75 Å².